The predicted octanol–water partition coefficient (Wildman–Crippen LogP) is 7.74. The molecule has 2 aromatic heterocycles. The molecule has 5 nitrogen and oxygen atoms in total. The number of nitrogens with two attached hydrogens (primary N) is 1. The van der Waals surface area contributed by atoms with E-state index < -0.39 is 0 Å². The van der Waals surface area contributed by atoms with Crippen molar-refractivity contribution < 1.29 is 4.74 Å². The van der Waals surface area contributed by atoms with E-state index in [0.29, 0.717) is 15.7 Å². The quantitative estimate of drug-likeness (QED) is 0.246. The van der Waals surface area contributed by atoms with Gasteiger partial charge in [0.25, 0.3) is 0 Å². The number of fused-ring (bicyclic) bond motifs is 1. The number of halogens is 2. The molecule has 0 radical (unpaired) electrons. The van der Waals surface area contributed by atoms with Crippen molar-refractivity contribution in [3.05, 3.63) is 88.8 Å². The van der Waals surface area contributed by atoms with E-state index in [1.165, 1.54) is 10.9 Å². The molecule has 0 saturated heterocycles. The Bertz CT molecular complexity index is 1270. The van der Waals surface area contributed by atoms with Crippen molar-refractivity contribution in [2.24, 2.45) is 0 Å². The lowest BCUT2D eigenvalue weighted by molar-refractivity contribution is 0.415. The van der Waals surface area contributed by atoms with Crippen LogP contribution < -0.4 is 15.8 Å². The SMILES string of the molecule is C=Cc1nccc(Nc2cc(Cl)c(N)c(Cl)c2)c1C=C.CCc1c[nH]c2cc(OC)ccc12. The number of benzene rings is 2. The molecule has 4 aromatic rings. The molecule has 0 amide bonds. The first-order chi connectivity index (χ1) is 15.9. The number of nitrogen functional groups attached to an aromatic ring is 1. The van der Waals surface area contributed by atoms with E-state index in [2.05, 4.69) is 47.6 Å². The Morgan fingerprint density at radius 1 is 1.12 bits per heavy atom. The van der Waals surface area contributed by atoms with Gasteiger partial charge in [-0.25, -0.2) is 0 Å². The largest absolute Gasteiger partial charge is 0.497 e. The summed E-state index contributed by atoms with van der Waals surface area (Å²) in [7, 11) is 1.69. The van der Waals surface area contributed by atoms with Crippen molar-refractivity contribution in [3.8, 4) is 5.75 Å². The molecule has 33 heavy (non-hydrogen) atoms. The van der Waals surface area contributed by atoms with E-state index in [9.17, 15) is 0 Å². The summed E-state index contributed by atoms with van der Waals surface area (Å²) in [4.78, 5) is 7.45. The van der Waals surface area contributed by atoms with Crippen LogP contribution in [0.5, 0.6) is 5.75 Å². The van der Waals surface area contributed by atoms with Crippen LogP contribution in [0.15, 0.2) is 61.9 Å². The van der Waals surface area contributed by atoms with Crippen molar-refractivity contribution in [1.82, 2.24) is 9.97 Å². The molecule has 7 heteroatoms. The van der Waals surface area contributed by atoms with Gasteiger partial charge in [-0.3, -0.25) is 4.98 Å². The lowest BCUT2D eigenvalue weighted by atomic mass is 10.1. The maximum atomic E-state index is 6.02. The molecule has 170 valence electrons. The van der Waals surface area contributed by atoms with E-state index in [-0.39, 0.29) is 0 Å². The number of hydrogen-bond acceptors (Lipinski definition) is 4. The minimum Gasteiger partial charge on any atom is -0.497 e. The summed E-state index contributed by atoms with van der Waals surface area (Å²) >= 11 is 12.0. The van der Waals surface area contributed by atoms with Gasteiger partial charge >= 0.3 is 0 Å². The highest BCUT2D eigenvalue weighted by Crippen LogP contribution is 2.33. The Labute approximate surface area is 203 Å². The molecular formula is C26H26Cl2N4O. The third-order valence-corrected chi connectivity index (χ3v) is 5.76. The number of H-pyrrole nitrogens is 1. The molecule has 0 saturated carbocycles. The minimum absolute atomic E-state index is 0.365. The number of anilines is 3. The summed E-state index contributed by atoms with van der Waals surface area (Å²) in [6.07, 6.45) is 8.20. The topological polar surface area (TPSA) is 76.0 Å². The fraction of sp³-hybridized carbons (Fsp3) is 0.115. The van der Waals surface area contributed by atoms with Gasteiger partial charge in [0, 0.05) is 46.3 Å². The molecule has 0 aliphatic rings. The third kappa shape index (κ3) is 5.51. The molecule has 0 atom stereocenters. The molecule has 0 fully saturated rings. The van der Waals surface area contributed by atoms with E-state index in [0.717, 1.165) is 40.3 Å². The number of nitrogens with one attached hydrogen (secondary N) is 2. The number of pyridine rings is 1. The normalized spacial score (nSPS) is 10.3. The van der Waals surface area contributed by atoms with Gasteiger partial charge in [-0.2, -0.15) is 0 Å². The van der Waals surface area contributed by atoms with Gasteiger partial charge in [0.1, 0.15) is 5.75 Å². The van der Waals surface area contributed by atoms with Gasteiger partial charge in [0.05, 0.1) is 28.5 Å². The van der Waals surface area contributed by atoms with Crippen molar-refractivity contribution >= 4 is 63.3 Å². The fourth-order valence-electron chi connectivity index (χ4n) is 3.37. The number of rotatable bonds is 6. The van der Waals surface area contributed by atoms with Crippen molar-refractivity contribution in [2.75, 3.05) is 18.2 Å². The zero-order valence-corrected chi connectivity index (χ0v) is 20.1. The average molecular weight is 481 g/mol. The van der Waals surface area contributed by atoms with Crippen LogP contribution >= 0.6 is 23.2 Å². The van der Waals surface area contributed by atoms with Crippen LogP contribution in [0.4, 0.5) is 17.1 Å². The third-order valence-electron chi connectivity index (χ3n) is 5.13. The number of ether oxygens (including phenoxy) is 1. The van der Waals surface area contributed by atoms with Crippen LogP contribution in [0.1, 0.15) is 23.7 Å². The monoisotopic (exact) mass is 480 g/mol. The molecule has 0 aliphatic heterocycles. The van der Waals surface area contributed by atoms with Gasteiger partial charge in [-0.1, -0.05) is 49.4 Å². The number of aromatic amines is 1. The van der Waals surface area contributed by atoms with Gasteiger partial charge in [0.2, 0.25) is 0 Å². The zero-order valence-electron chi connectivity index (χ0n) is 18.6. The van der Waals surface area contributed by atoms with E-state index >= 15 is 0 Å². The summed E-state index contributed by atoms with van der Waals surface area (Å²) in [6, 6.07) is 11.4. The van der Waals surface area contributed by atoms with Crippen LogP contribution in [0.25, 0.3) is 23.1 Å². The first-order valence-electron chi connectivity index (χ1n) is 10.3. The molecule has 0 aliphatic carbocycles. The summed E-state index contributed by atoms with van der Waals surface area (Å²) in [6.45, 7) is 9.68. The van der Waals surface area contributed by atoms with E-state index in [1.54, 1.807) is 37.6 Å². The maximum absolute atomic E-state index is 6.02. The zero-order chi connectivity index (χ0) is 24.0. The van der Waals surface area contributed by atoms with Gasteiger partial charge in [0.15, 0.2) is 0 Å². The summed E-state index contributed by atoms with van der Waals surface area (Å²) in [5.41, 5.74) is 11.8. The molecule has 4 rings (SSSR count). The molecule has 4 N–H and O–H groups in total. The highest BCUT2D eigenvalue weighted by molar-refractivity contribution is 6.39. The molecule has 0 spiro atoms. The first kappa shape index (κ1) is 24.2. The predicted molar refractivity (Wildman–Crippen MR) is 143 cm³/mol. The van der Waals surface area contributed by atoms with Crippen molar-refractivity contribution in [2.45, 2.75) is 13.3 Å². The highest BCUT2D eigenvalue weighted by atomic mass is 35.5. The maximum Gasteiger partial charge on any atom is 0.120 e. The fourth-order valence-corrected chi connectivity index (χ4v) is 3.86. The van der Waals surface area contributed by atoms with Gasteiger partial charge in [-0.05, 0) is 48.4 Å². The van der Waals surface area contributed by atoms with E-state index in [4.69, 9.17) is 33.7 Å². The van der Waals surface area contributed by atoms with Crippen LogP contribution in [0, 0.1) is 0 Å². The number of nitrogens with zero attached hydrogens (tertiary/aromatic N) is 1. The smallest absolute Gasteiger partial charge is 0.120 e. The Hall–Kier alpha value is -3.41. The lowest BCUT2D eigenvalue weighted by Gasteiger charge is -2.13. The standard InChI is InChI=1S/C15H13Cl2N3.C11H13NO/c1-3-10-13(4-2)19-6-5-14(10)20-9-7-11(16)15(18)12(17)8-9;1-3-8-7-12-11-6-9(13-2)4-5-10(8)11/h3-8H,1-2,18H2,(H,19,20);4-7,12H,3H2,1-2H3. The Kier molecular flexibility index (Phi) is 8.04. The minimum atomic E-state index is 0.365. The second kappa shape index (κ2) is 10.9. The summed E-state index contributed by atoms with van der Waals surface area (Å²) in [5.74, 6) is 0.900. The second-order valence-electron chi connectivity index (χ2n) is 7.12. The Morgan fingerprint density at radius 2 is 1.85 bits per heavy atom. The molecule has 0 unspecified atom stereocenters. The number of methoxy groups -OCH3 is 1. The van der Waals surface area contributed by atoms with Crippen molar-refractivity contribution in [1.29, 1.82) is 0 Å². The lowest BCUT2D eigenvalue weighted by Crippen LogP contribution is -1.98. The molecular weight excluding hydrogens is 455 g/mol. The summed E-state index contributed by atoms with van der Waals surface area (Å²) in [5, 5.41) is 5.32. The number of aromatic nitrogens is 2. The van der Waals surface area contributed by atoms with Gasteiger partial charge < -0.3 is 20.8 Å². The average Bonchev–Trinajstić information content (AvgIpc) is 3.25. The van der Waals surface area contributed by atoms with Crippen LogP contribution in [0.3, 0.4) is 0 Å². The van der Waals surface area contributed by atoms with Crippen LogP contribution in [-0.2, 0) is 6.42 Å². The van der Waals surface area contributed by atoms with E-state index in [1.807, 2.05) is 18.2 Å². The first-order valence-corrected chi connectivity index (χ1v) is 11.1. The Balaban J connectivity index is 0.000000203. The van der Waals surface area contributed by atoms with Crippen LogP contribution in [0.2, 0.25) is 10.0 Å². The highest BCUT2D eigenvalue weighted by Gasteiger charge is 2.08. The van der Waals surface area contributed by atoms with Crippen LogP contribution in [-0.4, -0.2) is 17.1 Å². The van der Waals surface area contributed by atoms with Gasteiger partial charge in [-0.15, -0.1) is 0 Å². The molecule has 2 heterocycles. The molecule has 2 aromatic carbocycles. The summed E-state index contributed by atoms with van der Waals surface area (Å²) < 4.78 is 5.15. The molecule has 0 bridgehead atoms. The Morgan fingerprint density at radius 3 is 2.45 bits per heavy atom. The van der Waals surface area contributed by atoms with Crippen molar-refractivity contribution in [3.63, 3.8) is 0 Å². The second-order valence-corrected chi connectivity index (χ2v) is 7.94. The number of hydrogen-bond donors (Lipinski definition) is 3. The number of aryl methyl sites for hydroxylation is 1.